The molecule has 1 N–H and O–H groups in total. The van der Waals surface area contributed by atoms with E-state index in [2.05, 4.69) is 13.8 Å². The van der Waals surface area contributed by atoms with Crippen LogP contribution in [0.4, 0.5) is 0 Å². The van der Waals surface area contributed by atoms with Gasteiger partial charge in [0.15, 0.2) is 0 Å². The average molecular weight is 198 g/mol. The molecule has 0 aromatic rings. The molecule has 0 radical (unpaired) electrons. The van der Waals surface area contributed by atoms with Gasteiger partial charge in [-0.15, -0.1) is 0 Å². The molecule has 0 spiro atoms. The maximum absolute atomic E-state index is 9.81. The van der Waals surface area contributed by atoms with Gasteiger partial charge in [-0.05, 0) is 43.4 Å². The van der Waals surface area contributed by atoms with E-state index in [0.717, 1.165) is 31.8 Å². The zero-order valence-corrected chi connectivity index (χ0v) is 9.33. The van der Waals surface area contributed by atoms with Crippen molar-refractivity contribution < 1.29 is 9.84 Å². The van der Waals surface area contributed by atoms with Gasteiger partial charge >= 0.3 is 0 Å². The highest BCUT2D eigenvalue weighted by molar-refractivity contribution is 4.86. The molecule has 0 amide bonds. The molecule has 82 valence electrons. The van der Waals surface area contributed by atoms with Crippen LogP contribution in [0.25, 0.3) is 0 Å². The highest BCUT2D eigenvalue weighted by atomic mass is 16.5. The van der Waals surface area contributed by atoms with E-state index in [-0.39, 0.29) is 12.2 Å². The van der Waals surface area contributed by atoms with Crippen molar-refractivity contribution in [2.45, 2.75) is 58.2 Å². The van der Waals surface area contributed by atoms with Gasteiger partial charge in [-0.1, -0.05) is 13.8 Å². The molecule has 0 saturated heterocycles. The second kappa shape index (κ2) is 3.82. The van der Waals surface area contributed by atoms with Gasteiger partial charge in [-0.3, -0.25) is 0 Å². The van der Waals surface area contributed by atoms with Gasteiger partial charge in [0.25, 0.3) is 0 Å². The highest BCUT2D eigenvalue weighted by Gasteiger charge is 2.35. The minimum absolute atomic E-state index is 0.0966. The first-order valence-electron chi connectivity index (χ1n) is 5.86. The Balaban J connectivity index is 1.80. The van der Waals surface area contributed by atoms with Gasteiger partial charge in [0.1, 0.15) is 0 Å². The summed E-state index contributed by atoms with van der Waals surface area (Å²) in [7, 11) is 0. The SMILES string of the molecule is CC1(C)CCC(O)C(OCC2CC2)C1. The second-order valence-electron chi connectivity index (χ2n) is 5.79. The Morgan fingerprint density at radius 2 is 2.00 bits per heavy atom. The monoisotopic (exact) mass is 198 g/mol. The lowest BCUT2D eigenvalue weighted by molar-refractivity contribution is -0.0884. The number of hydrogen-bond acceptors (Lipinski definition) is 2. The molecule has 0 aromatic carbocycles. The number of ether oxygens (including phenoxy) is 1. The molecule has 0 bridgehead atoms. The molecular formula is C12H22O2. The normalized spacial score (nSPS) is 37.1. The Labute approximate surface area is 86.6 Å². The van der Waals surface area contributed by atoms with Crippen LogP contribution >= 0.6 is 0 Å². The minimum atomic E-state index is -0.221. The fraction of sp³-hybridized carbons (Fsp3) is 1.00. The van der Waals surface area contributed by atoms with E-state index in [9.17, 15) is 5.11 Å². The maximum Gasteiger partial charge on any atom is 0.0839 e. The van der Waals surface area contributed by atoms with Gasteiger partial charge in [0.2, 0.25) is 0 Å². The summed E-state index contributed by atoms with van der Waals surface area (Å²) in [5.74, 6) is 0.798. The van der Waals surface area contributed by atoms with Gasteiger partial charge in [-0.25, -0.2) is 0 Å². The summed E-state index contributed by atoms with van der Waals surface area (Å²) in [5, 5.41) is 9.81. The molecule has 0 aliphatic heterocycles. The summed E-state index contributed by atoms with van der Waals surface area (Å²) in [6.45, 7) is 5.41. The first kappa shape index (κ1) is 10.4. The fourth-order valence-corrected chi connectivity index (χ4v) is 2.22. The van der Waals surface area contributed by atoms with E-state index in [1.54, 1.807) is 0 Å². The summed E-state index contributed by atoms with van der Waals surface area (Å²) in [5.41, 5.74) is 0.355. The van der Waals surface area contributed by atoms with Crippen LogP contribution in [0, 0.1) is 11.3 Å². The van der Waals surface area contributed by atoms with E-state index in [4.69, 9.17) is 4.74 Å². The quantitative estimate of drug-likeness (QED) is 0.754. The van der Waals surface area contributed by atoms with Crippen molar-refractivity contribution in [3.8, 4) is 0 Å². The predicted molar refractivity (Wildman–Crippen MR) is 56.1 cm³/mol. The molecule has 2 fully saturated rings. The van der Waals surface area contributed by atoms with Crippen LogP contribution in [0.5, 0.6) is 0 Å². The van der Waals surface area contributed by atoms with Gasteiger partial charge < -0.3 is 9.84 Å². The summed E-state index contributed by atoms with van der Waals surface area (Å²) in [6, 6.07) is 0. The van der Waals surface area contributed by atoms with Crippen molar-refractivity contribution >= 4 is 0 Å². The molecule has 2 rings (SSSR count). The Bertz CT molecular complexity index is 196. The lowest BCUT2D eigenvalue weighted by atomic mass is 9.75. The molecular weight excluding hydrogens is 176 g/mol. The van der Waals surface area contributed by atoms with Crippen LogP contribution in [-0.4, -0.2) is 23.9 Å². The summed E-state index contributed by atoms with van der Waals surface area (Å²) in [4.78, 5) is 0. The van der Waals surface area contributed by atoms with Crippen LogP contribution in [0.2, 0.25) is 0 Å². The Morgan fingerprint density at radius 1 is 1.29 bits per heavy atom. The largest absolute Gasteiger partial charge is 0.390 e. The smallest absolute Gasteiger partial charge is 0.0839 e. The molecule has 14 heavy (non-hydrogen) atoms. The van der Waals surface area contributed by atoms with Crippen LogP contribution in [-0.2, 0) is 4.74 Å². The van der Waals surface area contributed by atoms with E-state index in [1.807, 2.05) is 0 Å². The maximum atomic E-state index is 9.81. The lowest BCUT2D eigenvalue weighted by Gasteiger charge is -2.38. The second-order valence-corrected chi connectivity index (χ2v) is 5.79. The van der Waals surface area contributed by atoms with Crippen LogP contribution in [0.15, 0.2) is 0 Å². The van der Waals surface area contributed by atoms with Crippen molar-refractivity contribution in [3.05, 3.63) is 0 Å². The summed E-state index contributed by atoms with van der Waals surface area (Å²) < 4.78 is 5.80. The Morgan fingerprint density at radius 3 is 2.64 bits per heavy atom. The number of rotatable bonds is 3. The third-order valence-electron chi connectivity index (χ3n) is 3.54. The van der Waals surface area contributed by atoms with Gasteiger partial charge in [-0.2, -0.15) is 0 Å². The molecule has 2 heteroatoms. The topological polar surface area (TPSA) is 29.5 Å². The van der Waals surface area contributed by atoms with Crippen LogP contribution < -0.4 is 0 Å². The van der Waals surface area contributed by atoms with Crippen molar-refractivity contribution in [2.24, 2.45) is 11.3 Å². The van der Waals surface area contributed by atoms with E-state index < -0.39 is 0 Å². The fourth-order valence-electron chi connectivity index (χ4n) is 2.22. The van der Waals surface area contributed by atoms with Crippen molar-refractivity contribution in [3.63, 3.8) is 0 Å². The van der Waals surface area contributed by atoms with Gasteiger partial charge in [0, 0.05) is 6.61 Å². The average Bonchev–Trinajstić information content (AvgIpc) is 2.90. The molecule has 2 nitrogen and oxygen atoms in total. The molecule has 2 aliphatic carbocycles. The lowest BCUT2D eigenvalue weighted by Crippen LogP contribution is -2.39. The molecule has 2 aliphatic rings. The van der Waals surface area contributed by atoms with Gasteiger partial charge in [0.05, 0.1) is 12.2 Å². The minimum Gasteiger partial charge on any atom is -0.390 e. The number of aliphatic hydroxyl groups excluding tert-OH is 1. The van der Waals surface area contributed by atoms with Crippen molar-refractivity contribution in [1.29, 1.82) is 0 Å². The molecule has 2 unspecified atom stereocenters. The molecule has 0 aromatic heterocycles. The van der Waals surface area contributed by atoms with Crippen molar-refractivity contribution in [1.82, 2.24) is 0 Å². The van der Waals surface area contributed by atoms with E-state index >= 15 is 0 Å². The number of aliphatic hydroxyl groups is 1. The number of hydrogen-bond donors (Lipinski definition) is 1. The Kier molecular flexibility index (Phi) is 2.85. The predicted octanol–water partition coefficient (Wildman–Crippen LogP) is 2.35. The standard InChI is InChI=1S/C12H22O2/c1-12(2)6-5-10(13)11(7-12)14-8-9-3-4-9/h9-11,13H,3-8H2,1-2H3. The first-order chi connectivity index (χ1) is 6.57. The van der Waals surface area contributed by atoms with Crippen molar-refractivity contribution in [2.75, 3.05) is 6.61 Å². The third kappa shape index (κ3) is 2.71. The Hall–Kier alpha value is -0.0800. The molecule has 2 saturated carbocycles. The van der Waals surface area contributed by atoms with Crippen LogP contribution in [0.1, 0.15) is 46.0 Å². The zero-order valence-electron chi connectivity index (χ0n) is 9.33. The van der Waals surface area contributed by atoms with Crippen LogP contribution in [0.3, 0.4) is 0 Å². The summed E-state index contributed by atoms with van der Waals surface area (Å²) >= 11 is 0. The summed E-state index contributed by atoms with van der Waals surface area (Å²) in [6.07, 6.45) is 5.57. The van der Waals surface area contributed by atoms with E-state index in [1.165, 1.54) is 12.8 Å². The first-order valence-corrected chi connectivity index (χ1v) is 5.86. The zero-order chi connectivity index (χ0) is 10.2. The third-order valence-corrected chi connectivity index (χ3v) is 3.54. The van der Waals surface area contributed by atoms with E-state index in [0.29, 0.717) is 5.41 Å². The molecule has 0 heterocycles. The highest BCUT2D eigenvalue weighted by Crippen LogP contribution is 2.38. The molecule has 2 atom stereocenters.